The molecule has 0 aliphatic carbocycles. The lowest BCUT2D eigenvalue weighted by Gasteiger charge is -2.30. The molecule has 0 aromatic heterocycles. The van der Waals surface area contributed by atoms with Gasteiger partial charge in [0.05, 0.1) is 0 Å². The molecule has 1 aromatic carbocycles. The van der Waals surface area contributed by atoms with E-state index in [2.05, 4.69) is 17.3 Å². The van der Waals surface area contributed by atoms with Gasteiger partial charge in [0.25, 0.3) is 0 Å². The van der Waals surface area contributed by atoms with Crippen molar-refractivity contribution in [1.82, 2.24) is 10.2 Å². The third-order valence-corrected chi connectivity index (χ3v) is 4.18. The van der Waals surface area contributed by atoms with Gasteiger partial charge in [-0.1, -0.05) is 0 Å². The first-order chi connectivity index (χ1) is 9.47. The first kappa shape index (κ1) is 15.4. The Bertz CT molecular complexity index is 462. The van der Waals surface area contributed by atoms with Gasteiger partial charge in [-0.05, 0) is 70.4 Å². The van der Waals surface area contributed by atoms with Gasteiger partial charge < -0.3 is 10.2 Å². The molecule has 0 radical (unpaired) electrons. The van der Waals surface area contributed by atoms with Crippen molar-refractivity contribution in [2.75, 3.05) is 26.7 Å². The van der Waals surface area contributed by atoms with Crippen molar-refractivity contribution in [2.45, 2.75) is 32.7 Å². The van der Waals surface area contributed by atoms with E-state index in [0.717, 1.165) is 19.6 Å². The molecule has 1 aromatic rings. The largest absolute Gasteiger partial charge is 0.310 e. The summed E-state index contributed by atoms with van der Waals surface area (Å²) in [5.74, 6) is -0.0772. The summed E-state index contributed by atoms with van der Waals surface area (Å²) < 4.78 is 27.5. The predicted octanol–water partition coefficient (Wildman–Crippen LogP) is 3.27. The van der Waals surface area contributed by atoms with Crippen LogP contribution in [0.4, 0.5) is 8.78 Å². The van der Waals surface area contributed by atoms with Crippen LogP contribution < -0.4 is 5.32 Å². The molecule has 1 N–H and O–H groups in total. The highest BCUT2D eigenvalue weighted by Crippen LogP contribution is 2.21. The van der Waals surface area contributed by atoms with Gasteiger partial charge in [0.15, 0.2) is 0 Å². The van der Waals surface area contributed by atoms with Gasteiger partial charge in [0, 0.05) is 18.2 Å². The Morgan fingerprint density at radius 3 is 2.80 bits per heavy atom. The van der Waals surface area contributed by atoms with Crippen LogP contribution in [0.25, 0.3) is 0 Å². The van der Waals surface area contributed by atoms with Crippen molar-refractivity contribution in [3.05, 3.63) is 34.9 Å². The summed E-state index contributed by atoms with van der Waals surface area (Å²) in [6.45, 7) is 6.55. The van der Waals surface area contributed by atoms with Crippen molar-refractivity contribution in [2.24, 2.45) is 5.92 Å². The van der Waals surface area contributed by atoms with E-state index in [4.69, 9.17) is 0 Å². The van der Waals surface area contributed by atoms with Crippen LogP contribution >= 0.6 is 0 Å². The van der Waals surface area contributed by atoms with E-state index in [-0.39, 0.29) is 17.7 Å². The van der Waals surface area contributed by atoms with Gasteiger partial charge in [-0.3, -0.25) is 0 Å². The zero-order chi connectivity index (χ0) is 14.7. The molecule has 20 heavy (non-hydrogen) atoms. The lowest BCUT2D eigenvalue weighted by molar-refractivity contribution is 0.203. The third-order valence-electron chi connectivity index (χ3n) is 4.18. The maximum absolute atomic E-state index is 13.9. The van der Waals surface area contributed by atoms with E-state index in [1.807, 2.05) is 6.92 Å². The maximum Gasteiger partial charge on any atom is 0.128 e. The molecule has 2 rings (SSSR count). The van der Waals surface area contributed by atoms with Crippen LogP contribution in [-0.2, 0) is 0 Å². The number of hydrogen-bond donors (Lipinski definition) is 1. The lowest BCUT2D eigenvalue weighted by atomic mass is 9.97. The van der Waals surface area contributed by atoms with Crippen LogP contribution in [0.15, 0.2) is 12.1 Å². The van der Waals surface area contributed by atoms with Crippen LogP contribution in [0.5, 0.6) is 0 Å². The Labute approximate surface area is 120 Å². The van der Waals surface area contributed by atoms with Crippen LogP contribution in [0.1, 0.15) is 36.9 Å². The topological polar surface area (TPSA) is 15.3 Å². The monoisotopic (exact) mass is 282 g/mol. The molecule has 0 bridgehead atoms. The first-order valence-electron chi connectivity index (χ1n) is 7.35. The summed E-state index contributed by atoms with van der Waals surface area (Å²) in [4.78, 5) is 2.33. The summed E-state index contributed by atoms with van der Waals surface area (Å²) in [6, 6.07) is 2.42. The molecule has 2 atom stereocenters. The average molecular weight is 282 g/mol. The highest BCUT2D eigenvalue weighted by Gasteiger charge is 2.19. The zero-order valence-corrected chi connectivity index (χ0v) is 12.5. The fraction of sp³-hybridized carbons (Fsp3) is 0.625. The van der Waals surface area contributed by atoms with E-state index in [1.54, 1.807) is 6.92 Å². The number of benzene rings is 1. The molecular weight excluding hydrogens is 258 g/mol. The van der Waals surface area contributed by atoms with Crippen molar-refractivity contribution >= 4 is 0 Å². The van der Waals surface area contributed by atoms with E-state index < -0.39 is 0 Å². The number of halogens is 2. The third kappa shape index (κ3) is 3.76. The number of hydrogen-bond acceptors (Lipinski definition) is 2. The quantitative estimate of drug-likeness (QED) is 0.912. The fourth-order valence-corrected chi connectivity index (χ4v) is 2.89. The minimum atomic E-state index is -0.340. The van der Waals surface area contributed by atoms with Gasteiger partial charge in [-0.15, -0.1) is 0 Å². The van der Waals surface area contributed by atoms with Crippen LogP contribution in [0.3, 0.4) is 0 Å². The highest BCUT2D eigenvalue weighted by atomic mass is 19.1. The number of piperidine rings is 1. The maximum atomic E-state index is 13.9. The van der Waals surface area contributed by atoms with E-state index in [1.165, 1.54) is 25.0 Å². The molecule has 0 saturated carbocycles. The van der Waals surface area contributed by atoms with Gasteiger partial charge >= 0.3 is 0 Å². The molecule has 2 unspecified atom stereocenters. The second kappa shape index (κ2) is 6.64. The molecule has 0 spiro atoms. The van der Waals surface area contributed by atoms with Gasteiger partial charge in [-0.2, -0.15) is 0 Å². The molecule has 1 aliphatic rings. The number of aryl methyl sites for hydroxylation is 1. The molecule has 1 aliphatic heterocycles. The Morgan fingerprint density at radius 1 is 1.35 bits per heavy atom. The summed E-state index contributed by atoms with van der Waals surface area (Å²) in [7, 11) is 2.13. The summed E-state index contributed by atoms with van der Waals surface area (Å²) >= 11 is 0. The second-order valence-corrected chi connectivity index (χ2v) is 6.02. The molecule has 0 amide bonds. The molecule has 1 saturated heterocycles. The van der Waals surface area contributed by atoms with Gasteiger partial charge in [0.1, 0.15) is 11.6 Å². The van der Waals surface area contributed by atoms with Crippen LogP contribution in [-0.4, -0.2) is 31.6 Å². The van der Waals surface area contributed by atoms with Crippen molar-refractivity contribution in [3.8, 4) is 0 Å². The molecule has 1 fully saturated rings. The van der Waals surface area contributed by atoms with Crippen molar-refractivity contribution < 1.29 is 8.78 Å². The summed E-state index contributed by atoms with van der Waals surface area (Å²) in [5.41, 5.74) is 0.768. The normalized spacial score (nSPS) is 21.9. The summed E-state index contributed by atoms with van der Waals surface area (Å²) in [5, 5.41) is 3.34. The smallest absolute Gasteiger partial charge is 0.128 e. The van der Waals surface area contributed by atoms with Crippen molar-refractivity contribution in [3.63, 3.8) is 0 Å². The minimum absolute atomic E-state index is 0.169. The Kier molecular flexibility index (Phi) is 5.11. The molecule has 112 valence electrons. The Balaban J connectivity index is 1.94. The fourth-order valence-electron chi connectivity index (χ4n) is 2.89. The van der Waals surface area contributed by atoms with Crippen molar-refractivity contribution in [1.29, 1.82) is 0 Å². The average Bonchev–Trinajstić information content (AvgIpc) is 2.40. The number of nitrogens with one attached hydrogen (secondary N) is 1. The molecule has 2 nitrogen and oxygen atoms in total. The van der Waals surface area contributed by atoms with Gasteiger partial charge in [-0.25, -0.2) is 8.78 Å². The van der Waals surface area contributed by atoms with E-state index in [9.17, 15) is 8.78 Å². The van der Waals surface area contributed by atoms with Crippen LogP contribution in [0, 0.1) is 24.5 Å². The molecular formula is C16H24F2N2. The Hall–Kier alpha value is -1.00. The Morgan fingerprint density at radius 2 is 2.10 bits per heavy atom. The number of rotatable bonds is 4. The van der Waals surface area contributed by atoms with E-state index >= 15 is 0 Å². The van der Waals surface area contributed by atoms with Crippen LogP contribution in [0.2, 0.25) is 0 Å². The minimum Gasteiger partial charge on any atom is -0.310 e. The predicted molar refractivity (Wildman–Crippen MR) is 77.7 cm³/mol. The molecule has 1 heterocycles. The number of nitrogens with zero attached hydrogens (tertiary/aromatic N) is 1. The standard InChI is InChI=1S/C16H24F2N2/c1-11-7-16(18)14(8-15(11)17)12(2)19-9-13-5-4-6-20(3)10-13/h7-8,12-13,19H,4-6,9-10H2,1-3H3. The highest BCUT2D eigenvalue weighted by molar-refractivity contribution is 5.27. The second-order valence-electron chi connectivity index (χ2n) is 6.02. The first-order valence-corrected chi connectivity index (χ1v) is 7.35. The lowest BCUT2D eigenvalue weighted by Crippen LogP contribution is -2.38. The SMILES string of the molecule is Cc1cc(F)c(C(C)NCC2CCCN(C)C2)cc1F. The summed E-state index contributed by atoms with van der Waals surface area (Å²) in [6.07, 6.45) is 2.42. The van der Waals surface area contributed by atoms with E-state index in [0.29, 0.717) is 17.0 Å². The van der Waals surface area contributed by atoms with Gasteiger partial charge in [0.2, 0.25) is 0 Å². The molecule has 4 heteroatoms. The zero-order valence-electron chi connectivity index (χ0n) is 12.5. The number of likely N-dealkylation sites (tertiary alicyclic amines) is 1.